The van der Waals surface area contributed by atoms with Crippen molar-refractivity contribution in [1.82, 2.24) is 9.97 Å². The second-order valence-electron chi connectivity index (χ2n) is 5.37. The molecule has 3 aromatic rings. The number of carbonyl (C=O) groups is 2. The smallest absolute Gasteiger partial charge is 0.338 e. The predicted octanol–water partition coefficient (Wildman–Crippen LogP) is 4.37. The zero-order valence-electron chi connectivity index (χ0n) is 14.1. The normalized spacial score (nSPS) is 10.5. The van der Waals surface area contributed by atoms with E-state index in [9.17, 15) is 14.0 Å². The summed E-state index contributed by atoms with van der Waals surface area (Å²) >= 11 is 6.89. The van der Waals surface area contributed by atoms with Crippen LogP contribution in [0, 0.1) is 5.82 Å². The largest absolute Gasteiger partial charge is 0.456 e. The van der Waals surface area contributed by atoms with Gasteiger partial charge in [0, 0.05) is 18.5 Å². The molecular weight excluding hydrogens is 393 g/mol. The summed E-state index contributed by atoms with van der Waals surface area (Å²) in [7, 11) is 0. The van der Waals surface area contributed by atoms with E-state index < -0.39 is 11.8 Å². The van der Waals surface area contributed by atoms with Gasteiger partial charge >= 0.3 is 5.97 Å². The molecule has 3 rings (SSSR count). The third-order valence-electron chi connectivity index (χ3n) is 3.45. The fourth-order valence-electron chi connectivity index (χ4n) is 2.26. The lowest BCUT2D eigenvalue weighted by atomic mass is 10.3. The number of benzene rings is 1. The molecule has 0 saturated carbocycles. The quantitative estimate of drug-likeness (QED) is 0.465. The molecule has 0 radical (unpaired) electrons. The van der Waals surface area contributed by atoms with Gasteiger partial charge in [0.25, 0.3) is 0 Å². The minimum atomic E-state index is -0.577. The molecular formula is C18H13ClFN3O3S. The van der Waals surface area contributed by atoms with Crippen LogP contribution in [0.15, 0.2) is 48.0 Å². The van der Waals surface area contributed by atoms with E-state index in [0.29, 0.717) is 5.69 Å². The van der Waals surface area contributed by atoms with Crippen LogP contribution in [-0.4, -0.2) is 21.8 Å². The van der Waals surface area contributed by atoms with Crippen molar-refractivity contribution in [3.63, 3.8) is 0 Å². The molecule has 1 aromatic carbocycles. The number of aromatic nitrogens is 2. The first-order valence-electron chi connectivity index (χ1n) is 7.74. The van der Waals surface area contributed by atoms with Crippen molar-refractivity contribution >= 4 is 45.6 Å². The highest BCUT2D eigenvalue weighted by atomic mass is 35.5. The molecule has 0 atom stereocenters. The molecule has 1 amide bonds. The Bertz CT molecular complexity index is 995. The lowest BCUT2D eigenvalue weighted by molar-refractivity contribution is -0.115. The molecule has 6 nitrogen and oxygen atoms in total. The van der Waals surface area contributed by atoms with Crippen LogP contribution in [0.1, 0.15) is 23.0 Å². The van der Waals surface area contributed by atoms with E-state index in [1.807, 2.05) is 0 Å². The summed E-state index contributed by atoms with van der Waals surface area (Å²) in [6.07, 6.45) is 1.40. The summed E-state index contributed by atoms with van der Waals surface area (Å²) < 4.78 is 19.3. The Morgan fingerprint density at radius 1 is 1.30 bits per heavy atom. The van der Waals surface area contributed by atoms with Crippen LogP contribution in [-0.2, 0) is 16.1 Å². The number of anilines is 2. The zero-order valence-corrected chi connectivity index (χ0v) is 15.6. The molecule has 27 heavy (non-hydrogen) atoms. The van der Waals surface area contributed by atoms with Gasteiger partial charge in [-0.2, -0.15) is 0 Å². The predicted molar refractivity (Wildman–Crippen MR) is 99.7 cm³/mol. The van der Waals surface area contributed by atoms with Gasteiger partial charge in [0.15, 0.2) is 5.13 Å². The summed E-state index contributed by atoms with van der Waals surface area (Å²) in [5.74, 6) is -1.50. The van der Waals surface area contributed by atoms with Gasteiger partial charge in [-0.1, -0.05) is 23.7 Å². The number of thiazole rings is 1. The van der Waals surface area contributed by atoms with Crippen molar-refractivity contribution in [3.8, 4) is 0 Å². The summed E-state index contributed by atoms with van der Waals surface area (Å²) in [6, 6.07) is 8.80. The van der Waals surface area contributed by atoms with Crippen molar-refractivity contribution in [2.45, 2.75) is 13.5 Å². The highest BCUT2D eigenvalue weighted by Crippen LogP contribution is 2.30. The summed E-state index contributed by atoms with van der Waals surface area (Å²) in [5, 5.41) is 2.10. The van der Waals surface area contributed by atoms with E-state index in [-0.39, 0.29) is 34.0 Å². The Morgan fingerprint density at radius 2 is 2.07 bits per heavy atom. The van der Waals surface area contributed by atoms with Gasteiger partial charge in [-0.05, 0) is 24.3 Å². The van der Waals surface area contributed by atoms with Gasteiger partial charge in [0.2, 0.25) is 5.91 Å². The maximum atomic E-state index is 14.1. The van der Waals surface area contributed by atoms with Gasteiger partial charge in [-0.15, -0.1) is 11.3 Å². The maximum absolute atomic E-state index is 14.1. The Morgan fingerprint density at radius 3 is 2.78 bits per heavy atom. The van der Waals surface area contributed by atoms with Crippen molar-refractivity contribution in [2.75, 3.05) is 4.90 Å². The highest BCUT2D eigenvalue weighted by Gasteiger charge is 2.21. The highest BCUT2D eigenvalue weighted by molar-refractivity contribution is 7.14. The first kappa shape index (κ1) is 18.9. The monoisotopic (exact) mass is 405 g/mol. The molecule has 138 valence electrons. The summed E-state index contributed by atoms with van der Waals surface area (Å²) in [6.45, 7) is 1.22. The molecule has 0 saturated heterocycles. The van der Waals surface area contributed by atoms with E-state index in [2.05, 4.69) is 9.97 Å². The molecule has 0 spiro atoms. The van der Waals surface area contributed by atoms with E-state index in [4.69, 9.17) is 16.3 Å². The van der Waals surface area contributed by atoms with Crippen LogP contribution < -0.4 is 4.90 Å². The van der Waals surface area contributed by atoms with Gasteiger partial charge < -0.3 is 4.74 Å². The molecule has 2 heterocycles. The Balaban J connectivity index is 1.74. The number of hydrogen-bond acceptors (Lipinski definition) is 6. The molecule has 0 fully saturated rings. The Labute approximate surface area is 163 Å². The molecule has 0 N–H and O–H groups in total. The fraction of sp³-hybridized carbons (Fsp3) is 0.111. The summed E-state index contributed by atoms with van der Waals surface area (Å²) in [5.41, 5.74) is 0.808. The molecule has 0 aliphatic carbocycles. The molecule has 0 bridgehead atoms. The van der Waals surface area contributed by atoms with Gasteiger partial charge in [0.1, 0.15) is 17.6 Å². The molecule has 0 unspecified atom stereocenters. The lowest BCUT2D eigenvalue weighted by Gasteiger charge is -2.18. The Hall–Kier alpha value is -2.84. The number of nitrogens with zero attached hydrogens (tertiary/aromatic N) is 3. The number of ether oxygens (including phenoxy) is 1. The first-order chi connectivity index (χ1) is 13.0. The second kappa shape index (κ2) is 8.24. The van der Waals surface area contributed by atoms with Crippen molar-refractivity contribution in [3.05, 3.63) is 70.2 Å². The van der Waals surface area contributed by atoms with Crippen LogP contribution in [0.5, 0.6) is 0 Å². The van der Waals surface area contributed by atoms with Gasteiger partial charge in [-0.25, -0.2) is 19.2 Å². The molecule has 2 aromatic heterocycles. The minimum Gasteiger partial charge on any atom is -0.456 e. The molecule has 0 aliphatic heterocycles. The van der Waals surface area contributed by atoms with Gasteiger partial charge in [0.05, 0.1) is 16.9 Å². The first-order valence-corrected chi connectivity index (χ1v) is 9.00. The van der Waals surface area contributed by atoms with Crippen molar-refractivity contribution < 1.29 is 18.7 Å². The average molecular weight is 406 g/mol. The van der Waals surface area contributed by atoms with Crippen LogP contribution in [0.4, 0.5) is 15.2 Å². The standard InChI is InChI=1S/C18H13ClFN3O3S/c1-11(24)23(15-5-3-2-4-14(15)20)18-22-13(10-27-18)9-26-17(25)12-6-7-21-16(19)8-12/h2-8,10H,9H2,1H3. The van der Waals surface area contributed by atoms with Crippen LogP contribution in [0.3, 0.4) is 0 Å². The Kier molecular flexibility index (Phi) is 5.78. The van der Waals surface area contributed by atoms with Crippen LogP contribution in [0.2, 0.25) is 5.15 Å². The number of pyridine rings is 1. The van der Waals surface area contributed by atoms with Gasteiger partial charge in [-0.3, -0.25) is 9.69 Å². The zero-order chi connectivity index (χ0) is 19.4. The molecule has 9 heteroatoms. The third-order valence-corrected chi connectivity index (χ3v) is 4.53. The third kappa shape index (κ3) is 4.47. The fourth-order valence-corrected chi connectivity index (χ4v) is 3.30. The van der Waals surface area contributed by atoms with E-state index >= 15 is 0 Å². The topological polar surface area (TPSA) is 72.4 Å². The minimum absolute atomic E-state index is 0.0989. The maximum Gasteiger partial charge on any atom is 0.338 e. The van der Waals surface area contributed by atoms with Crippen LogP contribution >= 0.6 is 22.9 Å². The van der Waals surface area contributed by atoms with E-state index in [0.717, 1.165) is 11.3 Å². The molecule has 0 aliphatic rings. The number of esters is 1. The number of para-hydroxylation sites is 1. The number of rotatable bonds is 5. The van der Waals surface area contributed by atoms with Crippen LogP contribution in [0.25, 0.3) is 0 Å². The second-order valence-corrected chi connectivity index (χ2v) is 6.59. The number of carbonyl (C=O) groups excluding carboxylic acids is 2. The number of hydrogen-bond donors (Lipinski definition) is 0. The average Bonchev–Trinajstić information content (AvgIpc) is 3.09. The van der Waals surface area contributed by atoms with Crippen molar-refractivity contribution in [2.24, 2.45) is 0 Å². The number of amides is 1. The van der Waals surface area contributed by atoms with E-state index in [1.54, 1.807) is 11.4 Å². The SMILES string of the molecule is CC(=O)N(c1nc(COC(=O)c2ccnc(Cl)c2)cs1)c1ccccc1F. The van der Waals surface area contributed by atoms with Crippen molar-refractivity contribution in [1.29, 1.82) is 0 Å². The number of halogens is 2. The van der Waals surface area contributed by atoms with E-state index in [1.165, 1.54) is 48.4 Å². The summed E-state index contributed by atoms with van der Waals surface area (Å²) in [4.78, 5) is 33.3. The lowest BCUT2D eigenvalue weighted by Crippen LogP contribution is -2.23.